The zero-order chi connectivity index (χ0) is 15.4. The van der Waals surface area contributed by atoms with E-state index in [1.165, 1.54) is 29.2 Å². The molecule has 0 bridgehead atoms. The predicted octanol–water partition coefficient (Wildman–Crippen LogP) is 0.468. The molecule has 1 aliphatic heterocycles. The third-order valence-corrected chi connectivity index (χ3v) is 3.16. The SMILES string of the molecule is CCN(C(=O)COc1ccc(F)cc1)[C@@H]1CC(=O)NC1=O. The van der Waals surface area contributed by atoms with Crippen molar-refractivity contribution < 1.29 is 23.5 Å². The van der Waals surface area contributed by atoms with E-state index in [4.69, 9.17) is 4.74 Å². The molecule has 1 aromatic rings. The molecule has 0 aromatic heterocycles. The van der Waals surface area contributed by atoms with Crippen LogP contribution in [0.3, 0.4) is 0 Å². The van der Waals surface area contributed by atoms with Crippen LogP contribution in [0.4, 0.5) is 4.39 Å². The molecule has 6 nitrogen and oxygen atoms in total. The van der Waals surface area contributed by atoms with Crippen LogP contribution in [-0.4, -0.2) is 41.8 Å². The number of ether oxygens (including phenoxy) is 1. The number of amides is 3. The maximum absolute atomic E-state index is 12.7. The molecule has 2 rings (SSSR count). The first kappa shape index (κ1) is 15.0. The van der Waals surface area contributed by atoms with Gasteiger partial charge >= 0.3 is 0 Å². The predicted molar refractivity (Wildman–Crippen MR) is 70.8 cm³/mol. The summed E-state index contributed by atoms with van der Waals surface area (Å²) in [5.74, 6) is -1.32. The molecule has 1 heterocycles. The van der Waals surface area contributed by atoms with E-state index in [1.54, 1.807) is 6.92 Å². The van der Waals surface area contributed by atoms with Gasteiger partial charge in [-0.25, -0.2) is 4.39 Å². The van der Waals surface area contributed by atoms with Crippen molar-refractivity contribution in [2.75, 3.05) is 13.2 Å². The maximum atomic E-state index is 12.7. The number of likely N-dealkylation sites (N-methyl/N-ethyl adjacent to an activating group) is 1. The molecule has 1 aromatic carbocycles. The number of hydrogen-bond acceptors (Lipinski definition) is 4. The normalized spacial score (nSPS) is 17.5. The molecule has 3 amide bonds. The monoisotopic (exact) mass is 294 g/mol. The number of carbonyl (C=O) groups excluding carboxylic acids is 3. The lowest BCUT2D eigenvalue weighted by Crippen LogP contribution is -2.46. The fourth-order valence-electron chi connectivity index (χ4n) is 2.12. The molecule has 112 valence electrons. The van der Waals surface area contributed by atoms with Crippen molar-refractivity contribution >= 4 is 17.7 Å². The summed E-state index contributed by atoms with van der Waals surface area (Å²) in [4.78, 5) is 36.2. The highest BCUT2D eigenvalue weighted by atomic mass is 19.1. The van der Waals surface area contributed by atoms with Gasteiger partial charge in [-0.05, 0) is 31.2 Å². The Labute approximate surface area is 120 Å². The van der Waals surface area contributed by atoms with E-state index in [9.17, 15) is 18.8 Å². The van der Waals surface area contributed by atoms with Crippen LogP contribution in [0.15, 0.2) is 24.3 Å². The van der Waals surface area contributed by atoms with Crippen molar-refractivity contribution in [1.82, 2.24) is 10.2 Å². The van der Waals surface area contributed by atoms with Crippen LogP contribution < -0.4 is 10.1 Å². The second kappa shape index (κ2) is 6.34. The van der Waals surface area contributed by atoms with Gasteiger partial charge < -0.3 is 9.64 Å². The van der Waals surface area contributed by atoms with Crippen molar-refractivity contribution in [3.8, 4) is 5.75 Å². The molecule has 0 spiro atoms. The van der Waals surface area contributed by atoms with Crippen molar-refractivity contribution in [1.29, 1.82) is 0 Å². The van der Waals surface area contributed by atoms with E-state index >= 15 is 0 Å². The quantitative estimate of drug-likeness (QED) is 0.801. The summed E-state index contributed by atoms with van der Waals surface area (Å²) in [6, 6.07) is 4.47. The summed E-state index contributed by atoms with van der Waals surface area (Å²) in [6.45, 7) is 1.72. The lowest BCUT2D eigenvalue weighted by Gasteiger charge is -2.25. The second-order valence-electron chi connectivity index (χ2n) is 4.55. The Bertz CT molecular complexity index is 559. The summed E-state index contributed by atoms with van der Waals surface area (Å²) in [5.41, 5.74) is 0. The highest BCUT2D eigenvalue weighted by Crippen LogP contribution is 2.14. The van der Waals surface area contributed by atoms with Gasteiger partial charge in [0.2, 0.25) is 11.8 Å². The number of benzene rings is 1. The third-order valence-electron chi connectivity index (χ3n) is 3.16. The van der Waals surface area contributed by atoms with Crippen LogP contribution in [0.25, 0.3) is 0 Å². The first-order valence-electron chi connectivity index (χ1n) is 6.52. The van der Waals surface area contributed by atoms with Gasteiger partial charge in [0.1, 0.15) is 17.6 Å². The summed E-state index contributed by atoms with van der Waals surface area (Å²) in [5, 5.41) is 2.16. The Morgan fingerprint density at radius 3 is 2.57 bits per heavy atom. The highest BCUT2D eigenvalue weighted by Gasteiger charge is 2.37. The molecule has 1 aliphatic rings. The summed E-state index contributed by atoms with van der Waals surface area (Å²) >= 11 is 0. The maximum Gasteiger partial charge on any atom is 0.261 e. The van der Waals surface area contributed by atoms with E-state index in [0.29, 0.717) is 5.75 Å². The molecule has 1 saturated heterocycles. The fourth-order valence-corrected chi connectivity index (χ4v) is 2.12. The minimum atomic E-state index is -0.785. The number of hydrogen-bond donors (Lipinski definition) is 1. The van der Waals surface area contributed by atoms with E-state index in [1.807, 2.05) is 0 Å². The number of carbonyl (C=O) groups is 3. The Morgan fingerprint density at radius 2 is 2.05 bits per heavy atom. The van der Waals surface area contributed by atoms with Crippen molar-refractivity contribution in [3.63, 3.8) is 0 Å². The number of nitrogens with zero attached hydrogens (tertiary/aromatic N) is 1. The van der Waals surface area contributed by atoms with Gasteiger partial charge in [-0.2, -0.15) is 0 Å². The van der Waals surface area contributed by atoms with Gasteiger partial charge in [0.05, 0.1) is 6.42 Å². The van der Waals surface area contributed by atoms with Gasteiger partial charge in [-0.3, -0.25) is 19.7 Å². The summed E-state index contributed by atoms with van der Waals surface area (Å²) in [7, 11) is 0. The van der Waals surface area contributed by atoms with Gasteiger partial charge in [-0.1, -0.05) is 0 Å². The fraction of sp³-hybridized carbons (Fsp3) is 0.357. The van der Waals surface area contributed by atoms with Crippen LogP contribution in [0.2, 0.25) is 0 Å². The van der Waals surface area contributed by atoms with Gasteiger partial charge in [0.25, 0.3) is 5.91 Å². The number of halogens is 1. The Morgan fingerprint density at radius 1 is 1.38 bits per heavy atom. The molecule has 21 heavy (non-hydrogen) atoms. The van der Waals surface area contributed by atoms with E-state index in [2.05, 4.69) is 5.32 Å². The van der Waals surface area contributed by atoms with Gasteiger partial charge in [0, 0.05) is 6.54 Å². The molecule has 1 atom stereocenters. The van der Waals surface area contributed by atoms with Crippen molar-refractivity contribution in [3.05, 3.63) is 30.1 Å². The average Bonchev–Trinajstić information content (AvgIpc) is 2.78. The Hall–Kier alpha value is -2.44. The van der Waals surface area contributed by atoms with E-state index in [0.717, 1.165) is 0 Å². The third kappa shape index (κ3) is 3.56. The second-order valence-corrected chi connectivity index (χ2v) is 4.55. The van der Waals surface area contributed by atoms with Crippen LogP contribution in [0.5, 0.6) is 5.75 Å². The lowest BCUT2D eigenvalue weighted by atomic mass is 10.2. The Kier molecular flexibility index (Phi) is 4.52. The van der Waals surface area contributed by atoms with E-state index in [-0.39, 0.29) is 19.6 Å². The van der Waals surface area contributed by atoms with Crippen molar-refractivity contribution in [2.45, 2.75) is 19.4 Å². The zero-order valence-corrected chi connectivity index (χ0v) is 11.5. The molecular weight excluding hydrogens is 279 g/mol. The van der Waals surface area contributed by atoms with Gasteiger partial charge in [-0.15, -0.1) is 0 Å². The molecule has 0 radical (unpaired) electrons. The van der Waals surface area contributed by atoms with Crippen LogP contribution in [0.1, 0.15) is 13.3 Å². The minimum Gasteiger partial charge on any atom is -0.484 e. The first-order valence-corrected chi connectivity index (χ1v) is 6.52. The number of rotatable bonds is 5. The number of imide groups is 1. The standard InChI is InChI=1S/C14H15FN2O4/c1-2-17(11-7-12(18)16-14(11)20)13(19)8-21-10-5-3-9(15)4-6-10/h3-6,11H,2,7-8H2,1H3,(H,16,18,20)/t11-/m1/s1. The first-order chi connectivity index (χ1) is 10.0. The number of nitrogens with one attached hydrogen (secondary N) is 1. The zero-order valence-electron chi connectivity index (χ0n) is 11.5. The Balaban J connectivity index is 1.95. The summed E-state index contributed by atoms with van der Waals surface area (Å²) < 4.78 is 18.0. The van der Waals surface area contributed by atoms with Crippen molar-refractivity contribution in [2.24, 2.45) is 0 Å². The molecule has 7 heteroatoms. The molecule has 0 saturated carbocycles. The smallest absolute Gasteiger partial charge is 0.261 e. The molecule has 0 unspecified atom stereocenters. The van der Waals surface area contributed by atoms with E-state index < -0.39 is 29.6 Å². The van der Waals surface area contributed by atoms with Gasteiger partial charge in [0.15, 0.2) is 6.61 Å². The summed E-state index contributed by atoms with van der Waals surface area (Å²) in [6.07, 6.45) is -0.0328. The lowest BCUT2D eigenvalue weighted by molar-refractivity contribution is -0.140. The van der Waals surface area contributed by atoms with Crippen LogP contribution >= 0.6 is 0 Å². The minimum absolute atomic E-state index is 0.0328. The van der Waals surface area contributed by atoms with Crippen LogP contribution in [0, 0.1) is 5.82 Å². The topological polar surface area (TPSA) is 75.7 Å². The molecular formula is C14H15FN2O4. The molecule has 1 N–H and O–H groups in total. The molecule has 1 fully saturated rings. The van der Waals surface area contributed by atoms with Crippen LogP contribution in [-0.2, 0) is 14.4 Å². The highest BCUT2D eigenvalue weighted by molar-refractivity contribution is 6.06. The average molecular weight is 294 g/mol. The molecule has 0 aliphatic carbocycles. The largest absolute Gasteiger partial charge is 0.484 e.